The topological polar surface area (TPSA) is 56.7 Å². The molecule has 0 unspecified atom stereocenters. The normalized spacial score (nSPS) is 17.7. The Morgan fingerprint density at radius 3 is 2.18 bits per heavy atom. The monoisotopic (exact) mass is 691 g/mol. The summed E-state index contributed by atoms with van der Waals surface area (Å²) in [6.45, 7) is 0. The number of fused-ring (bicyclic) bond motifs is 9. The highest BCUT2D eigenvalue weighted by atomic mass is 32.1. The van der Waals surface area contributed by atoms with Crippen LogP contribution < -0.4 is 0 Å². The van der Waals surface area contributed by atoms with Crippen molar-refractivity contribution < 1.29 is 33.2 Å². The van der Waals surface area contributed by atoms with Crippen LogP contribution in [0.4, 0.5) is 0 Å². The van der Waals surface area contributed by atoms with Crippen LogP contribution in [0.1, 0.15) is 28.8 Å². The molecule has 4 aromatic heterocycles. The van der Waals surface area contributed by atoms with Gasteiger partial charge in [0.2, 0.25) is 5.95 Å². The second-order valence-electron chi connectivity index (χ2n) is 11.2. The number of thiophene rings is 1. The molecule has 11 aromatic rings. The number of hydrogen-bond donors (Lipinski definition) is 0. The second-order valence-corrected chi connectivity index (χ2v) is 12.2. The molecule has 0 saturated carbocycles. The molecule has 238 valence electrons. The van der Waals surface area contributed by atoms with Crippen LogP contribution in [0.25, 0.3) is 104 Å². The Kier molecular flexibility index (Phi) is 3.15. The Balaban J connectivity index is 1.29. The molecule has 5 nitrogen and oxygen atoms in total. The molecule has 51 heavy (non-hydrogen) atoms. The number of nitrogens with zero attached hydrogens (tertiary/aromatic N) is 4. The van der Waals surface area contributed by atoms with Gasteiger partial charge in [-0.05, 0) is 53.4 Å². The summed E-state index contributed by atoms with van der Waals surface area (Å²) in [5.41, 5.74) is -2.76. The minimum Gasteiger partial charge on any atom is -0.456 e. The molecule has 0 N–H and O–H groups in total. The van der Waals surface area contributed by atoms with Crippen LogP contribution in [-0.4, -0.2) is 19.5 Å². The fraction of sp³-hybridized carbons (Fsp3) is 0. The van der Waals surface area contributed by atoms with Crippen LogP contribution in [0, 0.1) is 0 Å². The third kappa shape index (κ3) is 4.37. The third-order valence-corrected chi connectivity index (χ3v) is 9.34. The first kappa shape index (κ1) is 14.7. The van der Waals surface area contributed by atoms with E-state index in [1.54, 1.807) is 30.3 Å². The largest absolute Gasteiger partial charge is 0.456 e. The summed E-state index contributed by atoms with van der Waals surface area (Å²) in [6.07, 6.45) is 0. The van der Waals surface area contributed by atoms with Crippen molar-refractivity contribution in [1.29, 1.82) is 0 Å². The van der Waals surface area contributed by atoms with Gasteiger partial charge in [-0.25, -0.2) is 4.98 Å². The second kappa shape index (κ2) is 10.9. The van der Waals surface area contributed by atoms with Gasteiger partial charge < -0.3 is 4.42 Å². The van der Waals surface area contributed by atoms with Crippen molar-refractivity contribution in [1.82, 2.24) is 19.5 Å². The number of aromatic nitrogens is 4. The lowest BCUT2D eigenvalue weighted by atomic mass is 9.99. The molecule has 6 heteroatoms. The predicted molar refractivity (Wildman–Crippen MR) is 211 cm³/mol. The number of benzene rings is 7. The highest BCUT2D eigenvalue weighted by Gasteiger charge is 2.20. The Hall–Kier alpha value is -6.63. The molecule has 0 aliphatic carbocycles. The summed E-state index contributed by atoms with van der Waals surface area (Å²) < 4.78 is 194. The van der Waals surface area contributed by atoms with E-state index in [1.165, 1.54) is 0 Å². The van der Waals surface area contributed by atoms with Crippen LogP contribution in [0.2, 0.25) is 0 Å². The Morgan fingerprint density at radius 2 is 1.29 bits per heavy atom. The standard InChI is InChI=1S/C45H26N4OS/c1-3-12-27(13-4-1)30-18-11-20-38-42(30)33-23-22-29(24-39(33)50-38)44-46-43(28-14-5-2-6-15-28)47-45(48-44)49-36-19-9-7-16-31(36)34-25-35-32-17-8-10-21-40(32)51-41(35)26-37(34)49/h1-26H/i1D,3D,4D,7D,8D,9D,10D,11D,12D,13D,16D,17D,18D,19D,20D,21D,22D,23D,24D,25D,26D. The molecule has 11 rings (SSSR count). The van der Waals surface area contributed by atoms with Crippen molar-refractivity contribution >= 4 is 75.3 Å². The van der Waals surface area contributed by atoms with E-state index in [2.05, 4.69) is 4.98 Å². The van der Waals surface area contributed by atoms with Gasteiger partial charge >= 0.3 is 0 Å². The average molecular weight is 692 g/mol. The van der Waals surface area contributed by atoms with E-state index in [0.717, 1.165) is 15.9 Å². The molecule has 0 radical (unpaired) electrons. The Bertz CT molecular complexity index is 4330. The van der Waals surface area contributed by atoms with Gasteiger partial charge in [-0.2, -0.15) is 9.97 Å². The summed E-state index contributed by atoms with van der Waals surface area (Å²) in [4.78, 5) is 14.1. The molecule has 0 atom stereocenters. The van der Waals surface area contributed by atoms with Crippen LogP contribution in [0.15, 0.2) is 162 Å². The molecule has 0 spiro atoms. The zero-order valence-corrected chi connectivity index (χ0v) is 26.3. The van der Waals surface area contributed by atoms with Crippen molar-refractivity contribution in [3.63, 3.8) is 0 Å². The number of hydrogen-bond acceptors (Lipinski definition) is 5. The number of para-hydroxylation sites is 1. The minimum atomic E-state index is -0.776. The molecule has 0 amide bonds. The first-order chi connectivity index (χ1) is 34.0. The first-order valence-electron chi connectivity index (χ1n) is 25.7. The number of furan rings is 1. The lowest BCUT2D eigenvalue weighted by Gasteiger charge is -2.11. The summed E-state index contributed by atoms with van der Waals surface area (Å²) in [7, 11) is 0. The molecule has 7 aromatic carbocycles. The maximum absolute atomic E-state index is 9.75. The van der Waals surface area contributed by atoms with Gasteiger partial charge in [-0.15, -0.1) is 11.3 Å². The molecule has 0 aliphatic rings. The van der Waals surface area contributed by atoms with Crippen molar-refractivity contribution in [2.45, 2.75) is 0 Å². The fourth-order valence-electron chi connectivity index (χ4n) is 6.11. The average Bonchev–Trinajstić information content (AvgIpc) is 4.09. The van der Waals surface area contributed by atoms with E-state index in [9.17, 15) is 8.22 Å². The van der Waals surface area contributed by atoms with Gasteiger partial charge in [-0.1, -0.05) is 115 Å². The first-order valence-corrected chi connectivity index (χ1v) is 16.1. The third-order valence-electron chi connectivity index (χ3n) is 8.32. The van der Waals surface area contributed by atoms with E-state index in [0.29, 0.717) is 5.56 Å². The predicted octanol–water partition coefficient (Wildman–Crippen LogP) is 12.2. The Labute approximate surface area is 325 Å². The van der Waals surface area contributed by atoms with Gasteiger partial charge in [0.05, 0.1) is 39.8 Å². The van der Waals surface area contributed by atoms with Gasteiger partial charge in [-0.3, -0.25) is 4.57 Å². The smallest absolute Gasteiger partial charge is 0.238 e. The van der Waals surface area contributed by atoms with Gasteiger partial charge in [0.15, 0.2) is 11.6 Å². The molecule has 0 aliphatic heterocycles. The summed E-state index contributed by atoms with van der Waals surface area (Å²) in [5, 5.41) is -1.32. The molecule has 4 heterocycles. The van der Waals surface area contributed by atoms with Crippen molar-refractivity contribution in [2.24, 2.45) is 0 Å². The van der Waals surface area contributed by atoms with Gasteiger partial charge in [0, 0.05) is 52.8 Å². The van der Waals surface area contributed by atoms with Crippen LogP contribution in [0.3, 0.4) is 0 Å². The maximum Gasteiger partial charge on any atom is 0.238 e. The lowest BCUT2D eigenvalue weighted by Crippen LogP contribution is -2.06. The van der Waals surface area contributed by atoms with Crippen molar-refractivity contribution in [2.75, 3.05) is 0 Å². The quantitative estimate of drug-likeness (QED) is 0.184. The summed E-state index contributed by atoms with van der Waals surface area (Å²) >= 11 is 0.805. The molecule has 0 bridgehead atoms. The fourth-order valence-corrected chi connectivity index (χ4v) is 7.08. The van der Waals surface area contributed by atoms with Crippen LogP contribution in [-0.2, 0) is 0 Å². The van der Waals surface area contributed by atoms with E-state index in [-0.39, 0.29) is 58.6 Å². The maximum atomic E-state index is 9.75. The molecule has 0 fully saturated rings. The lowest BCUT2D eigenvalue weighted by molar-refractivity contribution is 0.669. The molecule has 0 saturated heterocycles. The molecular weight excluding hydrogens is 645 g/mol. The van der Waals surface area contributed by atoms with Crippen LogP contribution >= 0.6 is 11.3 Å². The number of rotatable bonds is 4. The van der Waals surface area contributed by atoms with E-state index < -0.39 is 167 Å². The van der Waals surface area contributed by atoms with Crippen LogP contribution in [0.5, 0.6) is 0 Å². The van der Waals surface area contributed by atoms with E-state index >= 15 is 0 Å². The zero-order valence-electron chi connectivity index (χ0n) is 46.5. The SMILES string of the molecule is [2H]c1c([2H])c([2H])c(-c2c([2H])c([2H])c([2H])c3oc4c([2H])c(-c5nc(-c6ccccc6)nc(-n6c7c([2H])c([2H])c([2H])c([2H])c7c7c([2H])c8c(sc9c([2H])c([2H])c([2H])c([2H])c98)c([2H])c76)n5)c([2H])c([2H])c4c23)c([2H])c1[2H]. The minimum absolute atomic E-state index is 0.00543. The van der Waals surface area contributed by atoms with E-state index in [4.69, 9.17) is 34.9 Å². The van der Waals surface area contributed by atoms with Gasteiger partial charge in [0.1, 0.15) is 11.2 Å². The Morgan fingerprint density at radius 1 is 0.510 bits per heavy atom. The van der Waals surface area contributed by atoms with Crippen molar-refractivity contribution in [3.8, 4) is 39.9 Å². The zero-order chi connectivity index (χ0) is 51.7. The summed E-state index contributed by atoms with van der Waals surface area (Å²) in [5.74, 6) is -1.12. The highest BCUT2D eigenvalue weighted by Crippen LogP contribution is 2.41. The van der Waals surface area contributed by atoms with Gasteiger partial charge in [0.25, 0.3) is 0 Å². The summed E-state index contributed by atoms with van der Waals surface area (Å²) in [6, 6.07) is -5.60. The highest BCUT2D eigenvalue weighted by molar-refractivity contribution is 7.25. The van der Waals surface area contributed by atoms with Crippen molar-refractivity contribution in [3.05, 3.63) is 157 Å². The molecular formula is C45H26N4OS. The van der Waals surface area contributed by atoms with E-state index in [1.807, 2.05) is 0 Å².